The van der Waals surface area contributed by atoms with Crippen LogP contribution in [0.3, 0.4) is 0 Å². The third kappa shape index (κ3) is 3.51. The summed E-state index contributed by atoms with van der Waals surface area (Å²) < 4.78 is 0. The second kappa shape index (κ2) is 4.86. The fourth-order valence-electron chi connectivity index (χ4n) is 1.43. The zero-order valence-electron chi connectivity index (χ0n) is 10.8. The summed E-state index contributed by atoms with van der Waals surface area (Å²) in [6.07, 6.45) is -0.647. The summed E-state index contributed by atoms with van der Waals surface area (Å²) in [4.78, 5) is 0. The van der Waals surface area contributed by atoms with Crippen molar-refractivity contribution in [2.45, 2.75) is 39.6 Å². The lowest BCUT2D eigenvalue weighted by molar-refractivity contribution is 0.237. The number of aryl methyl sites for hydroxylation is 1. The third-order valence-electron chi connectivity index (χ3n) is 2.53. The molecule has 1 atom stereocenters. The van der Waals surface area contributed by atoms with Crippen LogP contribution in [0.4, 0.5) is 0 Å². The zero-order chi connectivity index (χ0) is 12.3. The molecule has 2 heteroatoms. The minimum Gasteiger partial charge on any atom is -0.376 e. The molecule has 0 saturated carbocycles. The van der Waals surface area contributed by atoms with Gasteiger partial charge in [0.05, 0.1) is 0 Å². The van der Waals surface area contributed by atoms with Crippen LogP contribution in [0, 0.1) is 25.3 Å². The lowest BCUT2D eigenvalue weighted by Gasteiger charge is -2.11. The van der Waals surface area contributed by atoms with E-state index in [1.54, 1.807) is 0 Å². The van der Waals surface area contributed by atoms with E-state index in [0.29, 0.717) is 0 Å². The Morgan fingerprint density at radius 2 is 1.81 bits per heavy atom. The van der Waals surface area contributed by atoms with Crippen LogP contribution in [-0.2, 0) is 0 Å². The van der Waals surface area contributed by atoms with Crippen LogP contribution < -0.4 is 0 Å². The molecule has 0 amide bonds. The minimum absolute atomic E-state index is 0.647. The van der Waals surface area contributed by atoms with E-state index in [4.69, 9.17) is 0 Å². The molecule has 0 spiro atoms. The second-order valence-corrected chi connectivity index (χ2v) is 9.96. The summed E-state index contributed by atoms with van der Waals surface area (Å²) in [5, 5.41) is 10.0. The Kier molecular flexibility index (Phi) is 3.96. The Balaban J connectivity index is 3.01. The Hall–Kier alpha value is -1.04. The molecule has 86 valence electrons. The second-order valence-electron chi connectivity index (χ2n) is 5.21. The zero-order valence-corrected chi connectivity index (χ0v) is 11.8. The molecule has 16 heavy (non-hydrogen) atoms. The number of rotatable bonds is 1. The molecule has 0 saturated heterocycles. The fraction of sp³-hybridized carbons (Fsp3) is 0.429. The SMILES string of the molecule is Cc1cccc(C(O)C#C[Si](C)(C)C)c1C. The van der Waals surface area contributed by atoms with E-state index in [1.165, 1.54) is 5.56 Å². The average Bonchev–Trinajstić information content (AvgIpc) is 2.17. The molecule has 1 nitrogen and oxygen atoms in total. The first-order valence-corrected chi connectivity index (χ1v) is 9.08. The fourth-order valence-corrected chi connectivity index (χ4v) is 2.00. The Morgan fingerprint density at radius 1 is 1.19 bits per heavy atom. The molecule has 1 unspecified atom stereocenters. The molecule has 1 aromatic carbocycles. The Morgan fingerprint density at radius 3 is 2.38 bits per heavy atom. The highest BCUT2D eigenvalue weighted by Gasteiger charge is 2.11. The predicted molar refractivity (Wildman–Crippen MR) is 72.0 cm³/mol. The van der Waals surface area contributed by atoms with E-state index in [0.717, 1.165) is 11.1 Å². The topological polar surface area (TPSA) is 20.2 Å². The van der Waals surface area contributed by atoms with E-state index in [2.05, 4.69) is 44.1 Å². The lowest BCUT2D eigenvalue weighted by atomic mass is 10.00. The summed E-state index contributed by atoms with van der Waals surface area (Å²) >= 11 is 0. The van der Waals surface area contributed by atoms with Gasteiger partial charge >= 0.3 is 0 Å². The van der Waals surface area contributed by atoms with Gasteiger partial charge in [-0.25, -0.2) is 0 Å². The molecule has 0 radical (unpaired) electrons. The van der Waals surface area contributed by atoms with Crippen LogP contribution in [0.2, 0.25) is 19.6 Å². The number of hydrogen-bond acceptors (Lipinski definition) is 1. The van der Waals surface area contributed by atoms with Crippen molar-refractivity contribution >= 4 is 8.07 Å². The molecule has 0 bridgehead atoms. The first kappa shape index (κ1) is 13.0. The first-order valence-electron chi connectivity index (χ1n) is 5.58. The normalized spacial score (nSPS) is 12.9. The minimum atomic E-state index is -1.40. The first-order chi connectivity index (χ1) is 7.31. The maximum atomic E-state index is 10.0. The number of benzene rings is 1. The molecule has 0 aliphatic rings. The van der Waals surface area contributed by atoms with E-state index < -0.39 is 14.2 Å². The summed E-state index contributed by atoms with van der Waals surface area (Å²) in [6, 6.07) is 5.97. The molecule has 1 N–H and O–H groups in total. The summed E-state index contributed by atoms with van der Waals surface area (Å²) in [7, 11) is -1.40. The van der Waals surface area contributed by atoms with Crippen LogP contribution in [0.1, 0.15) is 22.8 Å². The lowest BCUT2D eigenvalue weighted by Crippen LogP contribution is -2.17. The van der Waals surface area contributed by atoms with Crippen molar-refractivity contribution in [1.82, 2.24) is 0 Å². The van der Waals surface area contributed by atoms with Crippen molar-refractivity contribution in [3.8, 4) is 11.5 Å². The molecule has 0 fully saturated rings. The summed E-state index contributed by atoms with van der Waals surface area (Å²) in [5.41, 5.74) is 6.48. The highest BCUT2D eigenvalue weighted by Crippen LogP contribution is 2.19. The molecule has 0 aliphatic heterocycles. The Labute approximate surface area is 99.5 Å². The quantitative estimate of drug-likeness (QED) is 0.582. The predicted octanol–water partition coefficient (Wildman–Crippen LogP) is 3.22. The van der Waals surface area contributed by atoms with Gasteiger partial charge in [0.2, 0.25) is 0 Å². The molecule has 0 aliphatic carbocycles. The Bertz CT molecular complexity index is 432. The van der Waals surface area contributed by atoms with Gasteiger partial charge in [-0.05, 0) is 30.5 Å². The van der Waals surface area contributed by atoms with Gasteiger partial charge in [0.15, 0.2) is 0 Å². The average molecular weight is 232 g/mol. The van der Waals surface area contributed by atoms with Gasteiger partial charge in [0.25, 0.3) is 0 Å². The van der Waals surface area contributed by atoms with Gasteiger partial charge in [-0.3, -0.25) is 0 Å². The van der Waals surface area contributed by atoms with Crippen molar-refractivity contribution in [3.05, 3.63) is 34.9 Å². The van der Waals surface area contributed by atoms with E-state index >= 15 is 0 Å². The third-order valence-corrected chi connectivity index (χ3v) is 3.42. The molecule has 0 aromatic heterocycles. The van der Waals surface area contributed by atoms with Crippen molar-refractivity contribution in [2.75, 3.05) is 0 Å². The highest BCUT2D eigenvalue weighted by atomic mass is 28.3. The molecule has 0 heterocycles. The van der Waals surface area contributed by atoms with E-state index in [-0.39, 0.29) is 0 Å². The van der Waals surface area contributed by atoms with Crippen molar-refractivity contribution in [2.24, 2.45) is 0 Å². The van der Waals surface area contributed by atoms with Crippen LogP contribution >= 0.6 is 0 Å². The van der Waals surface area contributed by atoms with Gasteiger partial charge < -0.3 is 5.11 Å². The molecule has 1 aromatic rings. The monoisotopic (exact) mass is 232 g/mol. The van der Waals surface area contributed by atoms with Gasteiger partial charge in [0.1, 0.15) is 14.2 Å². The standard InChI is InChI=1S/C14H20OSi/c1-11-7-6-8-13(12(11)2)14(15)9-10-16(3,4)5/h6-8,14-15H,1-5H3. The number of hydrogen-bond donors (Lipinski definition) is 1. The molecule has 1 rings (SSSR count). The van der Waals surface area contributed by atoms with Gasteiger partial charge in [0, 0.05) is 0 Å². The van der Waals surface area contributed by atoms with Crippen LogP contribution in [-0.4, -0.2) is 13.2 Å². The van der Waals surface area contributed by atoms with Crippen molar-refractivity contribution in [3.63, 3.8) is 0 Å². The van der Waals surface area contributed by atoms with E-state index in [9.17, 15) is 5.11 Å². The van der Waals surface area contributed by atoms with Crippen molar-refractivity contribution in [1.29, 1.82) is 0 Å². The molecular formula is C14H20OSi. The van der Waals surface area contributed by atoms with Gasteiger partial charge in [-0.15, -0.1) is 5.54 Å². The number of aliphatic hydroxyl groups is 1. The maximum Gasteiger partial charge on any atom is 0.139 e. The number of aliphatic hydroxyl groups excluding tert-OH is 1. The molecular weight excluding hydrogens is 212 g/mol. The summed E-state index contributed by atoms with van der Waals surface area (Å²) in [6.45, 7) is 10.6. The highest BCUT2D eigenvalue weighted by molar-refractivity contribution is 6.83. The van der Waals surface area contributed by atoms with Crippen molar-refractivity contribution < 1.29 is 5.11 Å². The largest absolute Gasteiger partial charge is 0.376 e. The van der Waals surface area contributed by atoms with Gasteiger partial charge in [-0.2, -0.15) is 0 Å². The smallest absolute Gasteiger partial charge is 0.139 e. The van der Waals surface area contributed by atoms with Crippen LogP contribution in [0.5, 0.6) is 0 Å². The van der Waals surface area contributed by atoms with Gasteiger partial charge in [-0.1, -0.05) is 43.8 Å². The van der Waals surface area contributed by atoms with Crippen LogP contribution in [0.25, 0.3) is 0 Å². The van der Waals surface area contributed by atoms with Crippen LogP contribution in [0.15, 0.2) is 18.2 Å². The summed E-state index contributed by atoms with van der Waals surface area (Å²) in [5.74, 6) is 2.97. The maximum absolute atomic E-state index is 10.0. The van der Waals surface area contributed by atoms with E-state index in [1.807, 2.05) is 19.1 Å².